The quantitative estimate of drug-likeness (QED) is 0.0330. The Kier molecular flexibility index (Phi) is 27.4. The predicted molar refractivity (Wildman–Crippen MR) is 247 cm³/mol. The second kappa shape index (κ2) is 32.7. The summed E-state index contributed by atoms with van der Waals surface area (Å²) in [6.45, 7) is 4.47. The van der Waals surface area contributed by atoms with Gasteiger partial charge in [0.2, 0.25) is 0 Å². The molecule has 6 nitrogen and oxygen atoms in total. The minimum Gasteiger partial charge on any atom is -0.457 e. The molecule has 0 fully saturated rings. The fourth-order valence-electron chi connectivity index (χ4n) is 7.86. The van der Waals surface area contributed by atoms with E-state index in [4.69, 9.17) is 9.47 Å². The first-order chi connectivity index (χ1) is 29.4. The van der Waals surface area contributed by atoms with E-state index in [1.165, 1.54) is 141 Å². The van der Waals surface area contributed by atoms with Crippen LogP contribution in [0.25, 0.3) is 0 Å². The standard InChI is InChI=1S/C54H78O6/c1-3-5-7-9-11-13-15-17-19-21-23-25-27-39-51(55)47-35-31-33-45(41-47)43-59-53(57)49-37-29-30-38-50(49)54(58)60-44-46-34-32-36-48(42-46)52(56)40-28-26-24-22-20-18-16-14-12-10-8-6-4-2/h29-38,41-42H,3-28,39-40,43-44H2,1-2H3. The maximum Gasteiger partial charge on any atom is 0.339 e. The van der Waals surface area contributed by atoms with Crippen LogP contribution in [0.1, 0.15) is 246 Å². The number of carbonyl (C=O) groups is 4. The number of unbranched alkanes of at least 4 members (excludes halogenated alkanes) is 24. The highest BCUT2D eigenvalue weighted by Gasteiger charge is 2.20. The average molecular weight is 823 g/mol. The van der Waals surface area contributed by atoms with E-state index in [0.29, 0.717) is 35.1 Å². The molecule has 0 amide bonds. The van der Waals surface area contributed by atoms with Crippen molar-refractivity contribution >= 4 is 23.5 Å². The summed E-state index contributed by atoms with van der Waals surface area (Å²) >= 11 is 0. The van der Waals surface area contributed by atoms with Gasteiger partial charge >= 0.3 is 11.9 Å². The van der Waals surface area contributed by atoms with Gasteiger partial charge in [-0.3, -0.25) is 9.59 Å². The summed E-state index contributed by atoms with van der Waals surface area (Å²) in [5.74, 6) is -1.09. The number of Topliss-reactive ketones (excluding diaryl/α,β-unsaturated/α-hetero) is 2. The summed E-state index contributed by atoms with van der Waals surface area (Å²) in [7, 11) is 0. The predicted octanol–water partition coefficient (Wildman–Crippen LogP) is 15.7. The molecule has 0 spiro atoms. The van der Waals surface area contributed by atoms with Gasteiger partial charge in [-0.05, 0) is 48.2 Å². The Hall–Kier alpha value is -4.06. The topological polar surface area (TPSA) is 86.7 Å². The number of hydrogen-bond donors (Lipinski definition) is 0. The van der Waals surface area contributed by atoms with Crippen molar-refractivity contribution in [3.8, 4) is 0 Å². The molecule has 3 aromatic carbocycles. The van der Waals surface area contributed by atoms with E-state index in [1.54, 1.807) is 36.4 Å². The average Bonchev–Trinajstić information content (AvgIpc) is 3.27. The lowest BCUT2D eigenvalue weighted by atomic mass is 10.0. The van der Waals surface area contributed by atoms with Gasteiger partial charge in [0, 0.05) is 24.0 Å². The van der Waals surface area contributed by atoms with Crippen molar-refractivity contribution < 1.29 is 28.7 Å². The number of ether oxygens (including phenoxy) is 2. The SMILES string of the molecule is CCCCCCCCCCCCCCCC(=O)c1cccc(COC(=O)c2ccccc2C(=O)OCc2cccc(C(=O)CCCCCCCCCCCCCCC)c2)c1. The molecule has 0 atom stereocenters. The number of hydrogen-bond acceptors (Lipinski definition) is 6. The molecule has 0 aliphatic carbocycles. The van der Waals surface area contributed by atoms with Crippen LogP contribution >= 0.6 is 0 Å². The molecule has 0 bridgehead atoms. The highest BCUT2D eigenvalue weighted by atomic mass is 16.5. The van der Waals surface area contributed by atoms with E-state index in [0.717, 1.165) is 25.7 Å². The third kappa shape index (κ3) is 22.0. The van der Waals surface area contributed by atoms with Crippen LogP contribution in [0, 0.1) is 0 Å². The number of benzene rings is 3. The minimum absolute atomic E-state index is 0.0256. The summed E-state index contributed by atoms with van der Waals surface area (Å²) < 4.78 is 11.2. The Bertz CT molecular complexity index is 1520. The van der Waals surface area contributed by atoms with E-state index in [-0.39, 0.29) is 35.9 Å². The Morgan fingerprint density at radius 1 is 0.367 bits per heavy atom. The van der Waals surface area contributed by atoms with E-state index in [1.807, 2.05) is 36.4 Å². The van der Waals surface area contributed by atoms with Gasteiger partial charge in [-0.1, -0.05) is 216 Å². The molecule has 0 saturated heterocycles. The lowest BCUT2D eigenvalue weighted by Crippen LogP contribution is -2.14. The second-order valence-electron chi connectivity index (χ2n) is 16.9. The Balaban J connectivity index is 1.33. The molecule has 0 aliphatic rings. The van der Waals surface area contributed by atoms with Gasteiger partial charge in [0.15, 0.2) is 11.6 Å². The first kappa shape index (κ1) is 50.3. The highest BCUT2D eigenvalue weighted by molar-refractivity contribution is 6.03. The van der Waals surface area contributed by atoms with Gasteiger partial charge in [0.25, 0.3) is 0 Å². The van der Waals surface area contributed by atoms with E-state index in [2.05, 4.69) is 13.8 Å². The first-order valence-electron chi connectivity index (χ1n) is 24.1. The molecule has 3 aromatic rings. The summed E-state index contributed by atoms with van der Waals surface area (Å²) in [5, 5.41) is 0. The van der Waals surface area contributed by atoms with E-state index in [9.17, 15) is 19.2 Å². The van der Waals surface area contributed by atoms with Crippen molar-refractivity contribution in [3.63, 3.8) is 0 Å². The summed E-state index contributed by atoms with van der Waals surface area (Å²) in [4.78, 5) is 52.3. The third-order valence-corrected chi connectivity index (χ3v) is 11.6. The van der Waals surface area contributed by atoms with Crippen LogP contribution in [-0.4, -0.2) is 23.5 Å². The van der Waals surface area contributed by atoms with E-state index >= 15 is 0 Å². The zero-order valence-corrected chi connectivity index (χ0v) is 37.6. The van der Waals surface area contributed by atoms with Crippen LogP contribution in [0.2, 0.25) is 0 Å². The Morgan fingerprint density at radius 2 is 0.667 bits per heavy atom. The van der Waals surface area contributed by atoms with Crippen molar-refractivity contribution in [1.29, 1.82) is 0 Å². The smallest absolute Gasteiger partial charge is 0.339 e. The largest absolute Gasteiger partial charge is 0.457 e. The van der Waals surface area contributed by atoms with Gasteiger partial charge in [-0.2, -0.15) is 0 Å². The van der Waals surface area contributed by atoms with Crippen molar-refractivity contribution in [2.45, 2.75) is 207 Å². The fourth-order valence-corrected chi connectivity index (χ4v) is 7.86. The van der Waals surface area contributed by atoms with Crippen LogP contribution in [0.3, 0.4) is 0 Å². The first-order valence-corrected chi connectivity index (χ1v) is 24.1. The van der Waals surface area contributed by atoms with Gasteiger partial charge in [0.05, 0.1) is 11.1 Å². The minimum atomic E-state index is -0.646. The van der Waals surface area contributed by atoms with Crippen molar-refractivity contribution in [2.24, 2.45) is 0 Å². The molecule has 60 heavy (non-hydrogen) atoms. The molecular formula is C54H78O6. The molecule has 330 valence electrons. The van der Waals surface area contributed by atoms with Crippen LogP contribution in [0.15, 0.2) is 72.8 Å². The van der Waals surface area contributed by atoms with Crippen LogP contribution in [0.4, 0.5) is 0 Å². The Labute approximate surface area is 364 Å². The second-order valence-corrected chi connectivity index (χ2v) is 16.9. The molecular weight excluding hydrogens is 745 g/mol. The van der Waals surface area contributed by atoms with Crippen LogP contribution in [-0.2, 0) is 22.7 Å². The maximum atomic E-state index is 13.2. The van der Waals surface area contributed by atoms with Crippen LogP contribution in [0.5, 0.6) is 0 Å². The zero-order chi connectivity index (χ0) is 42.9. The lowest BCUT2D eigenvalue weighted by Gasteiger charge is -2.11. The summed E-state index contributed by atoms with van der Waals surface area (Å²) in [6.07, 6.45) is 33.9. The normalized spacial score (nSPS) is 11.1. The fraction of sp³-hybridized carbons (Fsp3) is 0.593. The van der Waals surface area contributed by atoms with Crippen molar-refractivity contribution in [2.75, 3.05) is 0 Å². The zero-order valence-electron chi connectivity index (χ0n) is 37.6. The molecule has 3 rings (SSSR count). The molecule has 0 heterocycles. The number of esters is 2. The van der Waals surface area contributed by atoms with Gasteiger partial charge in [-0.15, -0.1) is 0 Å². The molecule has 0 radical (unpaired) electrons. The lowest BCUT2D eigenvalue weighted by molar-refractivity contribution is 0.0425. The van der Waals surface area contributed by atoms with E-state index < -0.39 is 11.9 Å². The molecule has 0 saturated carbocycles. The number of rotatable bonds is 36. The summed E-state index contributed by atoms with van der Waals surface area (Å²) in [5.41, 5.74) is 2.89. The molecule has 0 unspecified atom stereocenters. The molecule has 6 heteroatoms. The third-order valence-electron chi connectivity index (χ3n) is 11.6. The van der Waals surface area contributed by atoms with Crippen molar-refractivity contribution in [3.05, 3.63) is 106 Å². The van der Waals surface area contributed by atoms with Gasteiger partial charge in [0.1, 0.15) is 13.2 Å². The van der Waals surface area contributed by atoms with Gasteiger partial charge in [-0.25, -0.2) is 9.59 Å². The number of ketones is 2. The van der Waals surface area contributed by atoms with Crippen molar-refractivity contribution in [1.82, 2.24) is 0 Å². The van der Waals surface area contributed by atoms with Crippen LogP contribution < -0.4 is 0 Å². The maximum absolute atomic E-state index is 13.2. The summed E-state index contributed by atoms with van der Waals surface area (Å²) in [6, 6.07) is 20.9. The Morgan fingerprint density at radius 3 is 0.983 bits per heavy atom. The molecule has 0 aromatic heterocycles. The molecule has 0 N–H and O–H groups in total. The number of carbonyl (C=O) groups excluding carboxylic acids is 4. The monoisotopic (exact) mass is 823 g/mol. The highest BCUT2D eigenvalue weighted by Crippen LogP contribution is 2.19. The van der Waals surface area contributed by atoms with Gasteiger partial charge < -0.3 is 9.47 Å². The molecule has 0 aliphatic heterocycles.